The molecule has 0 aliphatic heterocycles. The van der Waals surface area contributed by atoms with Crippen molar-refractivity contribution in [3.63, 3.8) is 0 Å². The first-order valence-electron chi connectivity index (χ1n) is 8.81. The van der Waals surface area contributed by atoms with Crippen LogP contribution in [0.2, 0.25) is 0 Å². The Morgan fingerprint density at radius 3 is 2.50 bits per heavy atom. The molecule has 0 bridgehead atoms. The Hall–Kier alpha value is -1.85. The SMILES string of the molecule is CCC(CC)Oc1ccc(-n2nccc2CN(C)CCNC)cc1. The van der Waals surface area contributed by atoms with E-state index in [-0.39, 0.29) is 6.10 Å². The van der Waals surface area contributed by atoms with Crippen LogP contribution in [0.5, 0.6) is 5.75 Å². The third-order valence-corrected chi connectivity index (χ3v) is 4.19. The minimum absolute atomic E-state index is 0.289. The van der Waals surface area contributed by atoms with Crippen LogP contribution in [0.1, 0.15) is 32.4 Å². The van der Waals surface area contributed by atoms with Gasteiger partial charge in [0.05, 0.1) is 17.5 Å². The van der Waals surface area contributed by atoms with Crippen LogP contribution in [-0.2, 0) is 6.54 Å². The van der Waals surface area contributed by atoms with Crippen molar-refractivity contribution in [3.8, 4) is 11.4 Å². The second-order valence-corrected chi connectivity index (χ2v) is 6.13. The van der Waals surface area contributed by atoms with Crippen LogP contribution in [0.4, 0.5) is 0 Å². The van der Waals surface area contributed by atoms with Gasteiger partial charge in [-0.3, -0.25) is 4.90 Å². The number of nitrogens with zero attached hydrogens (tertiary/aromatic N) is 3. The maximum atomic E-state index is 5.98. The van der Waals surface area contributed by atoms with E-state index >= 15 is 0 Å². The summed E-state index contributed by atoms with van der Waals surface area (Å²) in [5.41, 5.74) is 2.25. The van der Waals surface area contributed by atoms with Gasteiger partial charge in [-0.15, -0.1) is 0 Å². The first-order chi connectivity index (χ1) is 11.7. The summed E-state index contributed by atoms with van der Waals surface area (Å²) in [6.07, 6.45) is 4.20. The van der Waals surface area contributed by atoms with E-state index in [1.54, 1.807) is 0 Å². The van der Waals surface area contributed by atoms with Crippen molar-refractivity contribution in [3.05, 3.63) is 42.2 Å². The number of ether oxygens (including phenoxy) is 1. The Morgan fingerprint density at radius 1 is 1.17 bits per heavy atom. The van der Waals surface area contributed by atoms with Crippen LogP contribution < -0.4 is 10.1 Å². The van der Waals surface area contributed by atoms with Gasteiger partial charge >= 0.3 is 0 Å². The zero-order chi connectivity index (χ0) is 17.4. The van der Waals surface area contributed by atoms with Crippen molar-refractivity contribution >= 4 is 0 Å². The molecule has 2 aromatic rings. The summed E-state index contributed by atoms with van der Waals surface area (Å²) in [6, 6.07) is 10.3. The summed E-state index contributed by atoms with van der Waals surface area (Å²) < 4.78 is 7.98. The molecule has 0 fully saturated rings. The molecular formula is C19H30N4O. The smallest absolute Gasteiger partial charge is 0.119 e. The molecule has 2 rings (SSSR count). The molecule has 1 aromatic carbocycles. The minimum Gasteiger partial charge on any atom is -0.490 e. The summed E-state index contributed by atoms with van der Waals surface area (Å²) in [4.78, 5) is 2.29. The fourth-order valence-corrected chi connectivity index (χ4v) is 2.65. The molecule has 1 aromatic heterocycles. The highest BCUT2D eigenvalue weighted by atomic mass is 16.5. The zero-order valence-corrected chi connectivity index (χ0v) is 15.3. The largest absolute Gasteiger partial charge is 0.490 e. The Kier molecular flexibility index (Phi) is 7.28. The predicted octanol–water partition coefficient (Wildman–Crippen LogP) is 3.09. The lowest BCUT2D eigenvalue weighted by molar-refractivity contribution is 0.193. The number of aromatic nitrogens is 2. The normalized spacial score (nSPS) is 11.4. The molecule has 0 saturated carbocycles. The molecule has 0 aliphatic rings. The lowest BCUT2D eigenvalue weighted by atomic mass is 10.2. The van der Waals surface area contributed by atoms with E-state index in [4.69, 9.17) is 4.74 Å². The maximum Gasteiger partial charge on any atom is 0.119 e. The van der Waals surface area contributed by atoms with Gasteiger partial charge in [0.25, 0.3) is 0 Å². The number of likely N-dealkylation sites (N-methyl/N-ethyl adjacent to an activating group) is 2. The Bertz CT molecular complexity index is 590. The molecule has 0 unspecified atom stereocenters. The van der Waals surface area contributed by atoms with Crippen molar-refractivity contribution in [1.82, 2.24) is 20.0 Å². The van der Waals surface area contributed by atoms with Crippen molar-refractivity contribution in [2.45, 2.75) is 39.3 Å². The van der Waals surface area contributed by atoms with Crippen molar-refractivity contribution in [2.75, 3.05) is 27.2 Å². The highest BCUT2D eigenvalue weighted by Crippen LogP contribution is 2.19. The zero-order valence-electron chi connectivity index (χ0n) is 15.3. The van der Waals surface area contributed by atoms with E-state index in [1.807, 2.05) is 30.1 Å². The van der Waals surface area contributed by atoms with Gasteiger partial charge in [0.1, 0.15) is 5.75 Å². The average Bonchev–Trinajstić information content (AvgIpc) is 3.06. The molecule has 0 radical (unpaired) electrons. The van der Waals surface area contributed by atoms with Crippen LogP contribution in [-0.4, -0.2) is 48.0 Å². The molecule has 0 atom stereocenters. The van der Waals surface area contributed by atoms with Gasteiger partial charge in [-0.2, -0.15) is 5.10 Å². The summed E-state index contributed by atoms with van der Waals surface area (Å²) in [5, 5.41) is 7.65. The first-order valence-corrected chi connectivity index (χ1v) is 8.81. The molecule has 0 spiro atoms. The van der Waals surface area contributed by atoms with Gasteiger partial charge in [0.2, 0.25) is 0 Å². The molecule has 132 valence electrons. The van der Waals surface area contributed by atoms with E-state index in [0.29, 0.717) is 0 Å². The monoisotopic (exact) mass is 330 g/mol. The molecule has 5 nitrogen and oxygen atoms in total. The predicted molar refractivity (Wildman–Crippen MR) is 98.8 cm³/mol. The third-order valence-electron chi connectivity index (χ3n) is 4.19. The highest BCUT2D eigenvalue weighted by molar-refractivity contribution is 5.38. The Morgan fingerprint density at radius 2 is 1.88 bits per heavy atom. The number of rotatable bonds is 10. The van der Waals surface area contributed by atoms with E-state index < -0.39 is 0 Å². The molecular weight excluding hydrogens is 300 g/mol. The third kappa shape index (κ3) is 5.08. The summed E-state index contributed by atoms with van der Waals surface area (Å²) in [5.74, 6) is 0.923. The molecule has 0 saturated heterocycles. The number of nitrogens with one attached hydrogen (secondary N) is 1. The summed E-state index contributed by atoms with van der Waals surface area (Å²) in [6.45, 7) is 7.16. The topological polar surface area (TPSA) is 42.3 Å². The van der Waals surface area contributed by atoms with Gasteiger partial charge in [-0.05, 0) is 57.3 Å². The van der Waals surface area contributed by atoms with Gasteiger partial charge in [-0.1, -0.05) is 13.8 Å². The highest BCUT2D eigenvalue weighted by Gasteiger charge is 2.09. The molecule has 1 heterocycles. The first kappa shape index (κ1) is 18.5. The lowest BCUT2D eigenvalue weighted by Crippen LogP contribution is -2.27. The van der Waals surface area contributed by atoms with Crippen LogP contribution >= 0.6 is 0 Å². The molecule has 24 heavy (non-hydrogen) atoms. The average molecular weight is 330 g/mol. The number of hydrogen-bond donors (Lipinski definition) is 1. The van der Waals surface area contributed by atoms with Crippen LogP contribution in [0.3, 0.4) is 0 Å². The van der Waals surface area contributed by atoms with E-state index in [2.05, 4.69) is 54.4 Å². The van der Waals surface area contributed by atoms with E-state index in [9.17, 15) is 0 Å². The van der Waals surface area contributed by atoms with Gasteiger partial charge in [0, 0.05) is 25.8 Å². The number of hydrogen-bond acceptors (Lipinski definition) is 4. The Balaban J connectivity index is 2.05. The summed E-state index contributed by atoms with van der Waals surface area (Å²) in [7, 11) is 4.10. The maximum absolute atomic E-state index is 5.98. The van der Waals surface area contributed by atoms with Crippen LogP contribution in [0.25, 0.3) is 5.69 Å². The standard InChI is InChI=1S/C19H30N4O/c1-5-18(6-2)24-19-9-7-16(8-10-19)23-17(11-12-21-23)15-22(4)14-13-20-3/h7-12,18,20H,5-6,13-15H2,1-4H3. The molecule has 0 amide bonds. The fourth-order valence-electron chi connectivity index (χ4n) is 2.65. The van der Waals surface area contributed by atoms with Crippen LogP contribution in [0.15, 0.2) is 36.5 Å². The lowest BCUT2D eigenvalue weighted by Gasteiger charge is -2.18. The Labute approximate surface area is 145 Å². The van der Waals surface area contributed by atoms with E-state index in [1.165, 1.54) is 5.69 Å². The van der Waals surface area contributed by atoms with Gasteiger partial charge < -0.3 is 10.1 Å². The number of benzene rings is 1. The molecule has 1 N–H and O–H groups in total. The molecule has 5 heteroatoms. The summed E-state index contributed by atoms with van der Waals surface area (Å²) >= 11 is 0. The van der Waals surface area contributed by atoms with Crippen molar-refractivity contribution in [1.29, 1.82) is 0 Å². The van der Waals surface area contributed by atoms with E-state index in [0.717, 1.165) is 43.9 Å². The van der Waals surface area contributed by atoms with Gasteiger partial charge in [0.15, 0.2) is 0 Å². The van der Waals surface area contributed by atoms with Gasteiger partial charge in [-0.25, -0.2) is 4.68 Å². The fraction of sp³-hybridized carbons (Fsp3) is 0.526. The second kappa shape index (κ2) is 9.45. The van der Waals surface area contributed by atoms with Crippen LogP contribution in [0, 0.1) is 0 Å². The quantitative estimate of drug-likeness (QED) is 0.727. The van der Waals surface area contributed by atoms with Crippen molar-refractivity contribution in [2.24, 2.45) is 0 Å². The minimum atomic E-state index is 0.289. The second-order valence-electron chi connectivity index (χ2n) is 6.13. The van der Waals surface area contributed by atoms with Crippen molar-refractivity contribution < 1.29 is 4.74 Å². The molecule has 0 aliphatic carbocycles.